The van der Waals surface area contributed by atoms with Crippen LogP contribution in [0, 0.1) is 11.3 Å². The van der Waals surface area contributed by atoms with E-state index in [1.54, 1.807) is 30.3 Å². The molecular weight excluding hydrogens is 259 g/mol. The highest BCUT2D eigenvalue weighted by molar-refractivity contribution is 6.34. The molecule has 0 unspecified atom stereocenters. The molecule has 0 aliphatic rings. The van der Waals surface area contributed by atoms with Crippen molar-refractivity contribution in [2.24, 2.45) is 0 Å². The van der Waals surface area contributed by atoms with Gasteiger partial charge in [0.25, 0.3) is 0 Å². The third-order valence-corrected chi connectivity index (χ3v) is 2.54. The highest BCUT2D eigenvalue weighted by Crippen LogP contribution is 2.31. The summed E-state index contributed by atoms with van der Waals surface area (Å²) >= 11 is 11.8. The van der Waals surface area contributed by atoms with Gasteiger partial charge in [0.2, 0.25) is 5.88 Å². The van der Waals surface area contributed by atoms with Gasteiger partial charge in [-0.15, -0.1) is 0 Å². The van der Waals surface area contributed by atoms with Crippen LogP contribution in [-0.4, -0.2) is 4.98 Å². The molecule has 0 radical (unpaired) electrons. The first-order valence-corrected chi connectivity index (χ1v) is 5.44. The molecular formula is C12H6Cl2N2O. The number of pyridine rings is 1. The Balaban J connectivity index is 2.38. The molecule has 2 rings (SSSR count). The zero-order valence-corrected chi connectivity index (χ0v) is 10.0. The standard InChI is InChI=1S/C12H6Cl2N2O/c13-9-3-4-10(14)11(6-9)17-12-8(7-15)2-1-5-16-12/h1-6H. The second-order valence-electron chi connectivity index (χ2n) is 3.14. The molecule has 0 spiro atoms. The smallest absolute Gasteiger partial charge is 0.237 e. The molecule has 0 bridgehead atoms. The first-order chi connectivity index (χ1) is 8.20. The Kier molecular flexibility index (Phi) is 3.48. The molecule has 0 atom stereocenters. The Hall–Kier alpha value is -1.76. The van der Waals surface area contributed by atoms with E-state index in [1.807, 2.05) is 6.07 Å². The summed E-state index contributed by atoms with van der Waals surface area (Å²) in [5.41, 5.74) is 0.337. The van der Waals surface area contributed by atoms with Crippen LogP contribution in [-0.2, 0) is 0 Å². The van der Waals surface area contributed by atoms with Crippen molar-refractivity contribution in [3.05, 3.63) is 52.1 Å². The monoisotopic (exact) mass is 264 g/mol. The van der Waals surface area contributed by atoms with Crippen LogP contribution in [0.2, 0.25) is 10.0 Å². The average molecular weight is 265 g/mol. The first-order valence-electron chi connectivity index (χ1n) is 4.69. The van der Waals surface area contributed by atoms with Crippen molar-refractivity contribution in [1.29, 1.82) is 5.26 Å². The molecule has 0 amide bonds. The fourth-order valence-electron chi connectivity index (χ4n) is 1.22. The third-order valence-electron chi connectivity index (χ3n) is 1.99. The summed E-state index contributed by atoms with van der Waals surface area (Å²) in [4.78, 5) is 3.97. The van der Waals surface area contributed by atoms with Crippen LogP contribution in [0.3, 0.4) is 0 Å². The number of hydrogen-bond donors (Lipinski definition) is 0. The number of ether oxygens (including phenoxy) is 1. The van der Waals surface area contributed by atoms with E-state index in [0.717, 1.165) is 0 Å². The van der Waals surface area contributed by atoms with E-state index < -0.39 is 0 Å². The van der Waals surface area contributed by atoms with E-state index in [4.69, 9.17) is 33.2 Å². The van der Waals surface area contributed by atoms with Crippen LogP contribution < -0.4 is 4.74 Å². The second kappa shape index (κ2) is 5.05. The van der Waals surface area contributed by atoms with E-state index >= 15 is 0 Å². The molecule has 3 nitrogen and oxygen atoms in total. The maximum atomic E-state index is 8.89. The van der Waals surface area contributed by atoms with Gasteiger partial charge >= 0.3 is 0 Å². The van der Waals surface area contributed by atoms with Gasteiger partial charge in [0.15, 0.2) is 0 Å². The van der Waals surface area contributed by atoms with Gasteiger partial charge in [-0.1, -0.05) is 23.2 Å². The minimum absolute atomic E-state index is 0.208. The Morgan fingerprint density at radius 1 is 1.24 bits per heavy atom. The number of aromatic nitrogens is 1. The molecule has 2 aromatic rings. The van der Waals surface area contributed by atoms with Gasteiger partial charge in [-0.25, -0.2) is 4.98 Å². The molecule has 0 aliphatic heterocycles. The largest absolute Gasteiger partial charge is 0.436 e. The number of halogens is 2. The summed E-state index contributed by atoms with van der Waals surface area (Å²) in [5.74, 6) is 0.577. The molecule has 1 aromatic carbocycles. The Morgan fingerprint density at radius 3 is 2.82 bits per heavy atom. The van der Waals surface area contributed by atoms with Gasteiger partial charge in [-0.2, -0.15) is 5.26 Å². The van der Waals surface area contributed by atoms with Gasteiger partial charge in [0.1, 0.15) is 17.4 Å². The fraction of sp³-hybridized carbons (Fsp3) is 0. The summed E-state index contributed by atoms with van der Waals surface area (Å²) < 4.78 is 5.46. The lowest BCUT2D eigenvalue weighted by Gasteiger charge is -2.07. The summed E-state index contributed by atoms with van der Waals surface area (Å²) in [6.07, 6.45) is 1.54. The van der Waals surface area contributed by atoms with Gasteiger partial charge in [-0.05, 0) is 24.3 Å². The van der Waals surface area contributed by atoms with Crippen molar-refractivity contribution in [2.75, 3.05) is 0 Å². The van der Waals surface area contributed by atoms with Gasteiger partial charge < -0.3 is 4.74 Å². The van der Waals surface area contributed by atoms with Gasteiger partial charge in [0, 0.05) is 17.3 Å². The number of nitrogens with zero attached hydrogens (tertiary/aromatic N) is 2. The quantitative estimate of drug-likeness (QED) is 0.822. The molecule has 17 heavy (non-hydrogen) atoms. The molecule has 0 aliphatic carbocycles. The Morgan fingerprint density at radius 2 is 2.06 bits per heavy atom. The normalized spacial score (nSPS) is 9.71. The minimum atomic E-state index is 0.208. The lowest BCUT2D eigenvalue weighted by atomic mass is 10.3. The van der Waals surface area contributed by atoms with Gasteiger partial charge in [0.05, 0.1) is 5.02 Å². The van der Waals surface area contributed by atoms with Crippen molar-refractivity contribution in [3.63, 3.8) is 0 Å². The Labute approximate surface area is 108 Å². The van der Waals surface area contributed by atoms with Crippen molar-refractivity contribution in [3.8, 4) is 17.7 Å². The molecule has 5 heteroatoms. The predicted molar refractivity (Wildman–Crippen MR) is 65.5 cm³/mol. The van der Waals surface area contributed by atoms with Crippen molar-refractivity contribution in [2.45, 2.75) is 0 Å². The fourth-order valence-corrected chi connectivity index (χ4v) is 1.54. The lowest BCUT2D eigenvalue weighted by molar-refractivity contribution is 0.461. The SMILES string of the molecule is N#Cc1cccnc1Oc1cc(Cl)ccc1Cl. The van der Waals surface area contributed by atoms with Crippen LogP contribution >= 0.6 is 23.2 Å². The van der Waals surface area contributed by atoms with E-state index in [2.05, 4.69) is 4.98 Å². The maximum Gasteiger partial charge on any atom is 0.237 e. The summed E-state index contributed by atoms with van der Waals surface area (Å²) in [5, 5.41) is 9.80. The molecule has 1 heterocycles. The Bertz CT molecular complexity index is 593. The zero-order valence-electron chi connectivity index (χ0n) is 8.52. The van der Waals surface area contributed by atoms with Crippen molar-refractivity contribution in [1.82, 2.24) is 4.98 Å². The lowest BCUT2D eigenvalue weighted by Crippen LogP contribution is -1.91. The van der Waals surface area contributed by atoms with Crippen molar-refractivity contribution < 1.29 is 4.74 Å². The molecule has 0 N–H and O–H groups in total. The number of rotatable bonds is 2. The second-order valence-corrected chi connectivity index (χ2v) is 3.99. The molecule has 0 fully saturated rings. The van der Waals surface area contributed by atoms with Crippen LogP contribution in [0.1, 0.15) is 5.56 Å². The van der Waals surface area contributed by atoms with Crippen LogP contribution in [0.4, 0.5) is 0 Å². The molecule has 1 aromatic heterocycles. The third kappa shape index (κ3) is 2.68. The van der Waals surface area contributed by atoms with E-state index in [-0.39, 0.29) is 5.88 Å². The number of hydrogen-bond acceptors (Lipinski definition) is 3. The van der Waals surface area contributed by atoms with Crippen LogP contribution in [0.15, 0.2) is 36.5 Å². The molecule has 84 valence electrons. The van der Waals surface area contributed by atoms with E-state index in [1.165, 1.54) is 6.20 Å². The minimum Gasteiger partial charge on any atom is -0.436 e. The molecule has 0 saturated carbocycles. The summed E-state index contributed by atoms with van der Waals surface area (Å²) in [6, 6.07) is 10.1. The zero-order chi connectivity index (χ0) is 12.3. The van der Waals surface area contributed by atoms with Crippen LogP contribution in [0.25, 0.3) is 0 Å². The van der Waals surface area contributed by atoms with Crippen LogP contribution in [0.5, 0.6) is 11.6 Å². The first kappa shape index (κ1) is 11.7. The summed E-state index contributed by atoms with van der Waals surface area (Å²) in [7, 11) is 0. The van der Waals surface area contributed by atoms with Gasteiger partial charge in [-0.3, -0.25) is 0 Å². The number of benzene rings is 1. The summed E-state index contributed by atoms with van der Waals surface area (Å²) in [6.45, 7) is 0. The average Bonchev–Trinajstić information content (AvgIpc) is 2.34. The molecule has 0 saturated heterocycles. The van der Waals surface area contributed by atoms with Crippen molar-refractivity contribution >= 4 is 23.2 Å². The highest BCUT2D eigenvalue weighted by atomic mass is 35.5. The topological polar surface area (TPSA) is 45.9 Å². The number of nitriles is 1. The van der Waals surface area contributed by atoms with E-state index in [0.29, 0.717) is 21.4 Å². The predicted octanol–water partition coefficient (Wildman–Crippen LogP) is 4.05. The van der Waals surface area contributed by atoms with E-state index in [9.17, 15) is 0 Å². The maximum absolute atomic E-state index is 8.89. The highest BCUT2D eigenvalue weighted by Gasteiger charge is 2.08.